The Morgan fingerprint density at radius 2 is 1.94 bits per heavy atom. The van der Waals surface area contributed by atoms with Crippen molar-refractivity contribution in [3.63, 3.8) is 0 Å². The molecule has 1 aromatic heterocycles. The molecule has 2 nitrogen and oxygen atoms in total. The highest BCUT2D eigenvalue weighted by Crippen LogP contribution is 2.33. The van der Waals surface area contributed by atoms with Gasteiger partial charge in [-0.25, -0.2) is 0 Å². The van der Waals surface area contributed by atoms with E-state index in [1.54, 1.807) is 0 Å². The van der Waals surface area contributed by atoms with Crippen molar-refractivity contribution in [3.05, 3.63) is 36.0 Å². The number of halogens is 3. The van der Waals surface area contributed by atoms with Crippen LogP contribution in [0.2, 0.25) is 0 Å². The molecular weight excluding hydrogens is 219 g/mol. The first-order valence-corrected chi connectivity index (χ1v) is 4.52. The molecule has 0 spiro atoms. The second kappa shape index (κ2) is 3.66. The lowest BCUT2D eigenvalue weighted by Crippen LogP contribution is -2.04. The van der Waals surface area contributed by atoms with Gasteiger partial charge >= 0.3 is 6.18 Å². The van der Waals surface area contributed by atoms with Crippen LogP contribution >= 0.6 is 0 Å². The molecule has 0 radical (unpaired) electrons. The van der Waals surface area contributed by atoms with Gasteiger partial charge in [-0.3, -0.25) is 4.98 Å². The number of rotatable bonds is 1. The summed E-state index contributed by atoms with van der Waals surface area (Å²) in [5.74, 6) is 0.385. The zero-order chi connectivity index (χ0) is 11.8. The average Bonchev–Trinajstić information content (AvgIpc) is 2.26. The van der Waals surface area contributed by atoms with Gasteiger partial charge in [0.15, 0.2) is 0 Å². The minimum Gasteiger partial charge on any atom is -0.496 e. The third-order valence-electron chi connectivity index (χ3n) is 2.25. The van der Waals surface area contributed by atoms with Crippen LogP contribution in [0.25, 0.3) is 10.9 Å². The molecule has 0 bridgehead atoms. The summed E-state index contributed by atoms with van der Waals surface area (Å²) in [4.78, 5) is 3.97. The van der Waals surface area contributed by atoms with Crippen LogP contribution in [0.1, 0.15) is 5.56 Å². The lowest BCUT2D eigenvalue weighted by Gasteiger charge is -2.09. The molecule has 0 N–H and O–H groups in total. The first-order chi connectivity index (χ1) is 7.52. The smallest absolute Gasteiger partial charge is 0.416 e. The van der Waals surface area contributed by atoms with E-state index in [1.807, 2.05) is 0 Å². The first kappa shape index (κ1) is 10.7. The molecule has 0 saturated heterocycles. The fraction of sp³-hybridized carbons (Fsp3) is 0.182. The van der Waals surface area contributed by atoms with Crippen LogP contribution in [0, 0.1) is 0 Å². The van der Waals surface area contributed by atoms with Crippen LogP contribution in [0.4, 0.5) is 13.2 Å². The second-order valence-corrected chi connectivity index (χ2v) is 3.24. The summed E-state index contributed by atoms with van der Waals surface area (Å²) in [6.07, 6.45) is -2.86. The van der Waals surface area contributed by atoms with E-state index in [2.05, 4.69) is 4.98 Å². The largest absolute Gasteiger partial charge is 0.496 e. The number of ether oxygens (including phenoxy) is 1. The number of alkyl halides is 3. The molecule has 1 aromatic carbocycles. The van der Waals surface area contributed by atoms with Gasteiger partial charge in [0.25, 0.3) is 0 Å². The molecule has 16 heavy (non-hydrogen) atoms. The van der Waals surface area contributed by atoms with Gasteiger partial charge in [-0.15, -0.1) is 0 Å². The van der Waals surface area contributed by atoms with E-state index in [0.717, 1.165) is 12.1 Å². The molecule has 1 heterocycles. The summed E-state index contributed by atoms with van der Waals surface area (Å²) < 4.78 is 42.5. The molecule has 5 heteroatoms. The van der Waals surface area contributed by atoms with E-state index in [4.69, 9.17) is 4.74 Å². The van der Waals surface area contributed by atoms with Gasteiger partial charge in [0, 0.05) is 11.6 Å². The lowest BCUT2D eigenvalue weighted by atomic mass is 10.1. The molecule has 84 valence electrons. The molecular formula is C11H8F3NO. The number of hydrogen-bond donors (Lipinski definition) is 0. The molecule has 0 atom stereocenters. The van der Waals surface area contributed by atoms with Crippen molar-refractivity contribution in [3.8, 4) is 5.75 Å². The van der Waals surface area contributed by atoms with Crippen LogP contribution in [-0.2, 0) is 6.18 Å². The molecule has 0 aliphatic rings. The molecule has 0 aliphatic carbocycles. The van der Waals surface area contributed by atoms with Gasteiger partial charge in [-0.05, 0) is 24.3 Å². The Hall–Kier alpha value is -1.78. The molecule has 2 rings (SSSR count). The highest BCUT2D eigenvalue weighted by molar-refractivity contribution is 5.85. The summed E-state index contributed by atoms with van der Waals surface area (Å²) in [7, 11) is 1.41. The number of aromatic nitrogens is 1. The predicted octanol–water partition coefficient (Wildman–Crippen LogP) is 3.26. The number of fused-ring (bicyclic) bond motifs is 1. The highest BCUT2D eigenvalue weighted by atomic mass is 19.4. The van der Waals surface area contributed by atoms with Crippen molar-refractivity contribution in [2.45, 2.75) is 6.18 Å². The van der Waals surface area contributed by atoms with Crippen molar-refractivity contribution < 1.29 is 17.9 Å². The van der Waals surface area contributed by atoms with Crippen LogP contribution in [0.3, 0.4) is 0 Å². The predicted molar refractivity (Wildman–Crippen MR) is 53.3 cm³/mol. The number of pyridine rings is 1. The third-order valence-corrected chi connectivity index (χ3v) is 2.25. The number of methoxy groups -OCH3 is 1. The Morgan fingerprint density at radius 3 is 2.56 bits per heavy atom. The maximum atomic E-state index is 12.5. The summed E-state index contributed by atoms with van der Waals surface area (Å²) in [6.45, 7) is 0. The Bertz CT molecular complexity index is 522. The van der Waals surface area contributed by atoms with E-state index < -0.39 is 11.7 Å². The normalized spacial score (nSPS) is 11.8. The van der Waals surface area contributed by atoms with Crippen molar-refractivity contribution in [2.24, 2.45) is 0 Å². The number of nitrogens with zero attached hydrogens (tertiary/aromatic N) is 1. The van der Waals surface area contributed by atoms with Crippen LogP contribution < -0.4 is 4.74 Å². The molecule has 0 saturated carbocycles. The molecule has 0 amide bonds. The van der Waals surface area contributed by atoms with E-state index >= 15 is 0 Å². The van der Waals surface area contributed by atoms with Crippen LogP contribution in [-0.4, -0.2) is 12.1 Å². The fourth-order valence-electron chi connectivity index (χ4n) is 1.48. The number of hydrogen-bond acceptors (Lipinski definition) is 2. The Labute approximate surface area is 89.7 Å². The van der Waals surface area contributed by atoms with Gasteiger partial charge in [0.05, 0.1) is 18.2 Å². The van der Waals surface area contributed by atoms with E-state index in [9.17, 15) is 13.2 Å². The molecule has 0 aliphatic heterocycles. The molecule has 2 aromatic rings. The van der Waals surface area contributed by atoms with Gasteiger partial charge in [0.2, 0.25) is 0 Å². The van der Waals surface area contributed by atoms with Crippen molar-refractivity contribution in [1.82, 2.24) is 4.98 Å². The number of benzene rings is 1. The lowest BCUT2D eigenvalue weighted by molar-refractivity contribution is -0.137. The monoisotopic (exact) mass is 227 g/mol. The van der Waals surface area contributed by atoms with Gasteiger partial charge < -0.3 is 4.74 Å². The van der Waals surface area contributed by atoms with Gasteiger partial charge in [0.1, 0.15) is 5.75 Å². The van der Waals surface area contributed by atoms with Crippen molar-refractivity contribution in [2.75, 3.05) is 7.11 Å². The van der Waals surface area contributed by atoms with Crippen molar-refractivity contribution in [1.29, 1.82) is 0 Å². The zero-order valence-corrected chi connectivity index (χ0v) is 8.38. The van der Waals surface area contributed by atoms with Crippen molar-refractivity contribution >= 4 is 10.9 Å². The van der Waals surface area contributed by atoms with Crippen LogP contribution in [0.15, 0.2) is 30.5 Å². The summed E-state index contributed by atoms with van der Waals surface area (Å²) in [5, 5.41) is 0.361. The maximum Gasteiger partial charge on any atom is 0.416 e. The maximum absolute atomic E-state index is 12.5. The first-order valence-electron chi connectivity index (χ1n) is 4.52. The Morgan fingerprint density at radius 1 is 1.19 bits per heavy atom. The minimum absolute atomic E-state index is 0.361. The summed E-state index contributed by atoms with van der Waals surface area (Å²) in [6, 6.07) is 4.92. The zero-order valence-electron chi connectivity index (χ0n) is 8.38. The Balaban J connectivity index is 2.68. The topological polar surface area (TPSA) is 22.1 Å². The summed E-state index contributed by atoms with van der Waals surface area (Å²) in [5.41, 5.74) is -0.223. The minimum atomic E-state index is -4.35. The van der Waals surface area contributed by atoms with Crippen LogP contribution in [0.5, 0.6) is 5.75 Å². The third kappa shape index (κ3) is 1.80. The van der Waals surface area contributed by atoms with E-state index in [-0.39, 0.29) is 0 Å². The SMILES string of the molecule is COc1ccnc2ccc(C(F)(F)F)cc12. The van der Waals surface area contributed by atoms with E-state index in [0.29, 0.717) is 16.7 Å². The Kier molecular flexibility index (Phi) is 2.46. The standard InChI is InChI=1S/C11H8F3NO/c1-16-10-4-5-15-9-3-2-7(6-8(9)10)11(12,13)14/h2-6H,1H3. The molecule has 0 fully saturated rings. The van der Waals surface area contributed by atoms with Gasteiger partial charge in [-0.1, -0.05) is 0 Å². The van der Waals surface area contributed by atoms with E-state index in [1.165, 1.54) is 25.4 Å². The highest BCUT2D eigenvalue weighted by Gasteiger charge is 2.30. The average molecular weight is 227 g/mol. The summed E-state index contributed by atoms with van der Waals surface area (Å²) >= 11 is 0. The quantitative estimate of drug-likeness (QED) is 0.745. The fourth-order valence-corrected chi connectivity index (χ4v) is 1.48. The van der Waals surface area contributed by atoms with Gasteiger partial charge in [-0.2, -0.15) is 13.2 Å². The second-order valence-electron chi connectivity index (χ2n) is 3.24. The molecule has 0 unspecified atom stereocenters.